The van der Waals surface area contributed by atoms with E-state index < -0.39 is 5.54 Å². The highest BCUT2D eigenvalue weighted by molar-refractivity contribution is 6.02. The van der Waals surface area contributed by atoms with Crippen molar-refractivity contribution in [3.8, 4) is 5.75 Å². The van der Waals surface area contributed by atoms with Gasteiger partial charge in [-0.2, -0.15) is 0 Å². The Morgan fingerprint density at radius 3 is 2.50 bits per heavy atom. The highest BCUT2D eigenvalue weighted by atomic mass is 16.5. The van der Waals surface area contributed by atoms with Gasteiger partial charge in [0, 0.05) is 44.3 Å². The first-order chi connectivity index (χ1) is 16.4. The number of benzene rings is 2. The predicted molar refractivity (Wildman–Crippen MR) is 132 cm³/mol. The van der Waals surface area contributed by atoms with E-state index in [1.54, 1.807) is 7.11 Å². The third-order valence-corrected chi connectivity index (χ3v) is 7.79. The molecule has 2 aromatic carbocycles. The van der Waals surface area contributed by atoms with Crippen molar-refractivity contribution in [3.63, 3.8) is 0 Å². The molecule has 180 valence electrons. The van der Waals surface area contributed by atoms with E-state index in [1.807, 2.05) is 41.0 Å². The molecule has 2 aromatic rings. The number of hydrogen-bond donors (Lipinski definition) is 0. The zero-order valence-corrected chi connectivity index (χ0v) is 20.7. The molecule has 0 aliphatic carbocycles. The third-order valence-electron chi connectivity index (χ3n) is 7.79. The Balaban J connectivity index is 1.50. The standard InChI is InChI=1S/C28H35N3O3/c1-19(2)31-26(32)23-10-6-5-9-22(23)25(27(33)30-13-7-8-14-30)28(31)17-29(18-28)16-21-12-11-20(3)24(15-21)34-4/h5-6,9-12,15,19,25H,7-8,13-14,16-18H2,1-4H3. The topological polar surface area (TPSA) is 53.1 Å². The second-order valence-electron chi connectivity index (χ2n) is 10.4. The van der Waals surface area contributed by atoms with Crippen LogP contribution in [-0.4, -0.2) is 71.4 Å². The predicted octanol–water partition coefficient (Wildman–Crippen LogP) is 3.83. The third kappa shape index (κ3) is 3.59. The largest absolute Gasteiger partial charge is 0.496 e. The molecule has 3 aliphatic rings. The summed E-state index contributed by atoms with van der Waals surface area (Å²) in [6.07, 6.45) is 2.11. The summed E-state index contributed by atoms with van der Waals surface area (Å²) in [4.78, 5) is 34.1. The van der Waals surface area contributed by atoms with Gasteiger partial charge in [-0.3, -0.25) is 14.5 Å². The Morgan fingerprint density at radius 2 is 1.82 bits per heavy atom. The smallest absolute Gasteiger partial charge is 0.254 e. The molecule has 6 heteroatoms. The number of rotatable bonds is 5. The van der Waals surface area contributed by atoms with E-state index in [4.69, 9.17) is 4.74 Å². The summed E-state index contributed by atoms with van der Waals surface area (Å²) in [6, 6.07) is 14.1. The summed E-state index contributed by atoms with van der Waals surface area (Å²) >= 11 is 0. The molecule has 0 N–H and O–H groups in total. The van der Waals surface area contributed by atoms with Crippen molar-refractivity contribution in [2.24, 2.45) is 0 Å². The SMILES string of the molecule is COc1cc(CN2CC3(C2)C(C(=O)N2CCCC2)c2ccccc2C(=O)N3C(C)C)ccc1C. The van der Waals surface area contributed by atoms with Crippen molar-refractivity contribution < 1.29 is 14.3 Å². The van der Waals surface area contributed by atoms with Crippen LogP contribution in [0.25, 0.3) is 0 Å². The number of methoxy groups -OCH3 is 1. The van der Waals surface area contributed by atoms with Gasteiger partial charge in [-0.1, -0.05) is 30.3 Å². The van der Waals surface area contributed by atoms with Crippen molar-refractivity contribution in [1.29, 1.82) is 0 Å². The molecule has 0 aromatic heterocycles. The maximum absolute atomic E-state index is 14.0. The molecule has 1 spiro atoms. The number of hydrogen-bond acceptors (Lipinski definition) is 4. The Hall–Kier alpha value is -2.86. The van der Waals surface area contributed by atoms with Crippen molar-refractivity contribution in [3.05, 3.63) is 64.7 Å². The average molecular weight is 462 g/mol. The zero-order chi connectivity index (χ0) is 24.0. The van der Waals surface area contributed by atoms with Crippen LogP contribution in [0.15, 0.2) is 42.5 Å². The maximum Gasteiger partial charge on any atom is 0.254 e. The quantitative estimate of drug-likeness (QED) is 0.679. The highest BCUT2D eigenvalue weighted by Crippen LogP contribution is 2.48. The molecule has 2 fully saturated rings. The molecule has 0 bridgehead atoms. The Labute approximate surface area is 202 Å². The van der Waals surface area contributed by atoms with Gasteiger partial charge < -0.3 is 14.5 Å². The number of amides is 2. The summed E-state index contributed by atoms with van der Waals surface area (Å²) < 4.78 is 5.51. The lowest BCUT2D eigenvalue weighted by molar-refractivity contribution is -0.143. The van der Waals surface area contributed by atoms with Gasteiger partial charge in [-0.05, 0) is 62.4 Å². The van der Waals surface area contributed by atoms with Crippen LogP contribution in [0, 0.1) is 6.92 Å². The Kier molecular flexibility index (Phi) is 5.88. The molecule has 34 heavy (non-hydrogen) atoms. The lowest BCUT2D eigenvalue weighted by Gasteiger charge is -2.62. The lowest BCUT2D eigenvalue weighted by Crippen LogP contribution is -2.77. The van der Waals surface area contributed by atoms with E-state index >= 15 is 0 Å². The van der Waals surface area contributed by atoms with E-state index in [9.17, 15) is 9.59 Å². The molecular formula is C28H35N3O3. The summed E-state index contributed by atoms with van der Waals surface area (Å²) in [7, 11) is 1.70. The van der Waals surface area contributed by atoms with Gasteiger partial charge in [-0.15, -0.1) is 0 Å². The zero-order valence-electron chi connectivity index (χ0n) is 20.7. The minimum Gasteiger partial charge on any atom is -0.496 e. The summed E-state index contributed by atoms with van der Waals surface area (Å²) in [5.41, 5.74) is 3.36. The molecule has 3 aliphatic heterocycles. The fraction of sp³-hybridized carbons (Fsp3) is 0.500. The van der Waals surface area contributed by atoms with Crippen LogP contribution in [0.5, 0.6) is 5.75 Å². The maximum atomic E-state index is 14.0. The molecule has 1 unspecified atom stereocenters. The molecule has 0 saturated carbocycles. The molecule has 1 atom stereocenters. The van der Waals surface area contributed by atoms with Crippen LogP contribution >= 0.6 is 0 Å². The van der Waals surface area contributed by atoms with Crippen LogP contribution < -0.4 is 4.74 Å². The van der Waals surface area contributed by atoms with E-state index in [0.717, 1.165) is 49.4 Å². The summed E-state index contributed by atoms with van der Waals surface area (Å²) in [6.45, 7) is 9.95. The number of nitrogens with zero attached hydrogens (tertiary/aromatic N) is 3. The van der Waals surface area contributed by atoms with E-state index in [-0.39, 0.29) is 23.8 Å². The first-order valence-electron chi connectivity index (χ1n) is 12.4. The number of ether oxygens (including phenoxy) is 1. The van der Waals surface area contributed by atoms with Crippen molar-refractivity contribution in [1.82, 2.24) is 14.7 Å². The number of carbonyl (C=O) groups is 2. The van der Waals surface area contributed by atoms with Gasteiger partial charge >= 0.3 is 0 Å². The minimum atomic E-state index is -0.520. The van der Waals surface area contributed by atoms with Gasteiger partial charge in [0.15, 0.2) is 0 Å². The number of aryl methyl sites for hydroxylation is 1. The monoisotopic (exact) mass is 461 g/mol. The fourth-order valence-corrected chi connectivity index (χ4v) is 6.33. The average Bonchev–Trinajstić information content (AvgIpc) is 3.34. The van der Waals surface area contributed by atoms with Crippen molar-refractivity contribution in [2.75, 3.05) is 33.3 Å². The molecule has 2 saturated heterocycles. The molecule has 6 nitrogen and oxygen atoms in total. The summed E-state index contributed by atoms with van der Waals surface area (Å²) in [5.74, 6) is 0.790. The van der Waals surface area contributed by atoms with Crippen LogP contribution in [0.3, 0.4) is 0 Å². The van der Waals surface area contributed by atoms with Gasteiger partial charge in [0.05, 0.1) is 18.6 Å². The second kappa shape index (κ2) is 8.73. The van der Waals surface area contributed by atoms with Gasteiger partial charge in [-0.25, -0.2) is 0 Å². The van der Waals surface area contributed by atoms with Gasteiger partial charge in [0.2, 0.25) is 5.91 Å². The lowest BCUT2D eigenvalue weighted by atomic mass is 9.67. The van der Waals surface area contributed by atoms with Gasteiger partial charge in [0.25, 0.3) is 5.91 Å². The number of likely N-dealkylation sites (tertiary alicyclic amines) is 2. The van der Waals surface area contributed by atoms with E-state index in [2.05, 4.69) is 36.9 Å². The molecule has 5 rings (SSSR count). The van der Waals surface area contributed by atoms with Crippen LogP contribution in [-0.2, 0) is 11.3 Å². The Bertz CT molecular complexity index is 1100. The van der Waals surface area contributed by atoms with Gasteiger partial charge in [0.1, 0.15) is 5.75 Å². The molecule has 2 amide bonds. The van der Waals surface area contributed by atoms with Crippen molar-refractivity contribution >= 4 is 11.8 Å². The highest BCUT2D eigenvalue weighted by Gasteiger charge is 2.61. The molecule has 3 heterocycles. The van der Waals surface area contributed by atoms with Crippen LogP contribution in [0.2, 0.25) is 0 Å². The first-order valence-corrected chi connectivity index (χ1v) is 12.4. The molecular weight excluding hydrogens is 426 g/mol. The van der Waals surface area contributed by atoms with E-state index in [0.29, 0.717) is 18.7 Å². The number of carbonyl (C=O) groups excluding carboxylic acids is 2. The Morgan fingerprint density at radius 1 is 1.12 bits per heavy atom. The van der Waals surface area contributed by atoms with E-state index in [1.165, 1.54) is 5.56 Å². The molecule has 0 radical (unpaired) electrons. The first kappa shape index (κ1) is 22.9. The fourth-order valence-electron chi connectivity index (χ4n) is 6.33. The number of fused-ring (bicyclic) bond motifs is 1. The van der Waals surface area contributed by atoms with Crippen molar-refractivity contribution in [2.45, 2.75) is 57.7 Å². The summed E-state index contributed by atoms with van der Waals surface area (Å²) in [5, 5.41) is 0. The van der Waals surface area contributed by atoms with Crippen LogP contribution in [0.4, 0.5) is 0 Å². The minimum absolute atomic E-state index is 0.0105. The normalized spacial score (nSPS) is 21.7. The van der Waals surface area contributed by atoms with Crippen LogP contribution in [0.1, 0.15) is 59.7 Å². The second-order valence-corrected chi connectivity index (χ2v) is 10.4.